The van der Waals surface area contributed by atoms with Crippen LogP contribution in [0.1, 0.15) is 43.9 Å². The second kappa shape index (κ2) is 10.6. The Bertz CT molecular complexity index is 1130. The van der Waals surface area contributed by atoms with Crippen molar-refractivity contribution in [2.75, 3.05) is 18.8 Å². The first-order chi connectivity index (χ1) is 16.4. The van der Waals surface area contributed by atoms with Gasteiger partial charge in [-0.2, -0.15) is 15.0 Å². The third-order valence-electron chi connectivity index (χ3n) is 5.88. The molecule has 0 bridgehead atoms. The first kappa shape index (κ1) is 23.7. The molecule has 6 N–H and O–H groups in total. The number of halogens is 1. The van der Waals surface area contributed by atoms with Gasteiger partial charge in [-0.3, -0.25) is 0 Å². The van der Waals surface area contributed by atoms with E-state index in [0.717, 1.165) is 37.1 Å². The predicted molar refractivity (Wildman–Crippen MR) is 130 cm³/mol. The molecule has 1 aliphatic rings. The second-order valence-corrected chi connectivity index (χ2v) is 8.47. The average molecular weight is 467 g/mol. The van der Waals surface area contributed by atoms with Gasteiger partial charge < -0.3 is 26.8 Å². The summed E-state index contributed by atoms with van der Waals surface area (Å²) in [4.78, 5) is 5.76. The lowest BCUT2D eigenvalue weighted by atomic mass is 10.0. The molecular formula is C24H31FN8O. The summed E-state index contributed by atoms with van der Waals surface area (Å²) in [6.45, 7) is 5.73. The topological polar surface area (TPSA) is 129 Å². The molecule has 3 aromatic rings. The molecule has 180 valence electrons. The van der Waals surface area contributed by atoms with Crippen molar-refractivity contribution in [3.05, 3.63) is 66.0 Å². The van der Waals surface area contributed by atoms with Crippen LogP contribution in [0.5, 0.6) is 5.75 Å². The molecule has 0 amide bonds. The summed E-state index contributed by atoms with van der Waals surface area (Å²) in [5.74, 6) is 0.246. The van der Waals surface area contributed by atoms with Crippen molar-refractivity contribution in [1.29, 1.82) is 0 Å². The Morgan fingerprint density at radius 2 is 1.97 bits per heavy atom. The summed E-state index contributed by atoms with van der Waals surface area (Å²) in [5.41, 5.74) is 15.3. The number of hydrogen-bond acceptors (Lipinski definition) is 8. The van der Waals surface area contributed by atoms with Crippen LogP contribution in [0.25, 0.3) is 11.3 Å². The van der Waals surface area contributed by atoms with Crippen molar-refractivity contribution >= 4 is 11.4 Å². The van der Waals surface area contributed by atoms with Crippen LogP contribution in [-0.2, 0) is 0 Å². The fourth-order valence-electron chi connectivity index (χ4n) is 4.01. The van der Waals surface area contributed by atoms with Gasteiger partial charge in [0.05, 0.1) is 18.1 Å². The molecule has 0 spiro atoms. The zero-order chi connectivity index (χ0) is 24.1. The van der Waals surface area contributed by atoms with Gasteiger partial charge in [-0.15, -0.1) is 0 Å². The van der Waals surface area contributed by atoms with E-state index in [0.29, 0.717) is 23.0 Å². The van der Waals surface area contributed by atoms with Crippen LogP contribution in [0.2, 0.25) is 0 Å². The maximum Gasteiger partial charge on any atom is 0.166 e. The lowest BCUT2D eigenvalue weighted by molar-refractivity contribution is 0.226. The Balaban J connectivity index is 1.59. The molecule has 10 heteroatoms. The summed E-state index contributed by atoms with van der Waals surface area (Å²) >= 11 is 0. The zero-order valence-electron chi connectivity index (χ0n) is 19.4. The highest BCUT2D eigenvalue weighted by Gasteiger charge is 2.19. The predicted octanol–water partition coefficient (Wildman–Crippen LogP) is 2.55. The number of aromatic nitrogens is 4. The molecule has 3 heterocycles. The largest absolute Gasteiger partial charge is 0.482 e. The lowest BCUT2D eigenvalue weighted by Gasteiger charge is -2.24. The first-order valence-electron chi connectivity index (χ1n) is 11.4. The molecular weight excluding hydrogens is 435 g/mol. The number of nitrogens with one attached hydrogen (secondary N) is 2. The normalized spacial score (nSPS) is 16.8. The summed E-state index contributed by atoms with van der Waals surface area (Å²) in [6.07, 6.45) is 8.33. The Hall–Kier alpha value is -3.50. The van der Waals surface area contributed by atoms with Gasteiger partial charge in [-0.25, -0.2) is 9.37 Å². The van der Waals surface area contributed by atoms with Crippen LogP contribution in [0.15, 0.2) is 49.1 Å². The molecule has 4 rings (SSSR count). The van der Waals surface area contributed by atoms with Gasteiger partial charge in [0, 0.05) is 35.6 Å². The van der Waals surface area contributed by atoms with Gasteiger partial charge in [-0.05, 0) is 69.6 Å². The van der Waals surface area contributed by atoms with E-state index in [1.165, 1.54) is 16.9 Å². The number of hydrogen-bond donors (Lipinski definition) is 4. The van der Waals surface area contributed by atoms with Crippen LogP contribution in [-0.4, -0.2) is 45.2 Å². The minimum atomic E-state index is -0.549. The van der Waals surface area contributed by atoms with Gasteiger partial charge in [0.1, 0.15) is 11.9 Å². The number of nitrogens with two attached hydrogens (primary N) is 2. The highest BCUT2D eigenvalue weighted by molar-refractivity contribution is 5.71. The molecule has 0 aliphatic carbocycles. The summed E-state index contributed by atoms with van der Waals surface area (Å²) in [6, 6.07) is 6.38. The number of piperidine rings is 1. The van der Waals surface area contributed by atoms with E-state index in [-0.39, 0.29) is 17.7 Å². The summed E-state index contributed by atoms with van der Waals surface area (Å²) < 4.78 is 20.3. The van der Waals surface area contributed by atoms with Crippen molar-refractivity contribution in [3.63, 3.8) is 0 Å². The van der Waals surface area contributed by atoms with E-state index < -0.39 is 6.10 Å². The zero-order valence-corrected chi connectivity index (χ0v) is 19.4. The third-order valence-corrected chi connectivity index (χ3v) is 5.88. The molecule has 2 aromatic heterocycles. The highest BCUT2D eigenvalue weighted by Crippen LogP contribution is 2.31. The Morgan fingerprint density at radius 3 is 2.68 bits per heavy atom. The number of ether oxygens (including phenoxy) is 1. The number of anilines is 1. The fourth-order valence-corrected chi connectivity index (χ4v) is 4.01. The van der Waals surface area contributed by atoms with Gasteiger partial charge in [0.25, 0.3) is 0 Å². The van der Waals surface area contributed by atoms with Crippen molar-refractivity contribution < 1.29 is 9.13 Å². The van der Waals surface area contributed by atoms with Crippen molar-refractivity contribution in [2.45, 2.75) is 44.9 Å². The number of pyridine rings is 1. The molecule has 0 radical (unpaired) electrons. The fraction of sp³-hybridized carbons (Fsp3) is 0.375. The van der Waals surface area contributed by atoms with Crippen LogP contribution >= 0.6 is 0 Å². The van der Waals surface area contributed by atoms with E-state index in [9.17, 15) is 4.39 Å². The summed E-state index contributed by atoms with van der Waals surface area (Å²) in [7, 11) is 0. The average Bonchev–Trinajstić information content (AvgIpc) is 3.36. The monoisotopic (exact) mass is 466 g/mol. The van der Waals surface area contributed by atoms with Crippen LogP contribution in [0.4, 0.5) is 10.2 Å². The molecule has 1 aliphatic heterocycles. The van der Waals surface area contributed by atoms with Gasteiger partial charge in [-0.1, -0.05) is 0 Å². The van der Waals surface area contributed by atoms with Crippen molar-refractivity contribution in [1.82, 2.24) is 30.6 Å². The van der Waals surface area contributed by atoms with Crippen LogP contribution in [0.3, 0.4) is 0 Å². The Labute approximate surface area is 198 Å². The maximum absolute atomic E-state index is 14.1. The quantitative estimate of drug-likeness (QED) is 0.399. The van der Waals surface area contributed by atoms with Gasteiger partial charge in [0.15, 0.2) is 11.6 Å². The SMILES string of the molecule is CC(N)/C(=C\NC1CCNCC1)c1cnc(N)c(OC(C)c2cc(F)ccc2-n2nccn2)c1. The number of benzene rings is 1. The molecule has 1 aromatic carbocycles. The Morgan fingerprint density at radius 1 is 1.24 bits per heavy atom. The molecule has 1 saturated heterocycles. The minimum Gasteiger partial charge on any atom is -0.482 e. The molecule has 1 fully saturated rings. The van der Waals surface area contributed by atoms with Crippen molar-refractivity contribution in [3.8, 4) is 11.4 Å². The molecule has 34 heavy (non-hydrogen) atoms. The number of nitrogen functional groups attached to an aromatic ring is 1. The van der Waals surface area contributed by atoms with E-state index in [4.69, 9.17) is 16.2 Å². The highest BCUT2D eigenvalue weighted by atomic mass is 19.1. The molecule has 9 nitrogen and oxygen atoms in total. The van der Waals surface area contributed by atoms with Crippen molar-refractivity contribution in [2.24, 2.45) is 5.73 Å². The standard InChI is InChI=1S/C24H31FN8O/c1-15(26)21(14-29-19-5-7-28-8-6-19)17-11-23(24(27)30-13-17)34-16(2)20-12-18(25)3-4-22(20)33-31-9-10-32-33/h3-4,9-16,19,28-29H,5-8,26H2,1-2H3,(H2,27,30)/b21-14+. The van der Waals surface area contributed by atoms with Gasteiger partial charge in [0.2, 0.25) is 0 Å². The van der Waals surface area contributed by atoms with E-state index in [1.54, 1.807) is 24.7 Å². The maximum atomic E-state index is 14.1. The minimum absolute atomic E-state index is 0.231. The van der Waals surface area contributed by atoms with E-state index in [1.807, 2.05) is 26.1 Å². The number of rotatable bonds is 8. The third kappa shape index (κ3) is 5.52. The first-order valence-corrected chi connectivity index (χ1v) is 11.4. The van der Waals surface area contributed by atoms with Crippen LogP contribution in [0, 0.1) is 5.82 Å². The number of nitrogens with zero attached hydrogens (tertiary/aromatic N) is 4. The smallest absolute Gasteiger partial charge is 0.166 e. The summed E-state index contributed by atoms with van der Waals surface area (Å²) in [5, 5.41) is 15.2. The van der Waals surface area contributed by atoms with E-state index in [2.05, 4.69) is 25.8 Å². The lowest BCUT2D eigenvalue weighted by Crippen LogP contribution is -2.38. The molecule has 2 atom stereocenters. The Kier molecular flexibility index (Phi) is 7.39. The van der Waals surface area contributed by atoms with E-state index >= 15 is 0 Å². The van der Waals surface area contributed by atoms with Crippen LogP contribution < -0.4 is 26.8 Å². The molecule has 0 saturated carbocycles. The van der Waals surface area contributed by atoms with Gasteiger partial charge >= 0.3 is 0 Å². The molecule has 2 unspecified atom stereocenters. The second-order valence-electron chi connectivity index (χ2n) is 8.47.